The van der Waals surface area contributed by atoms with Crippen LogP contribution in [0.1, 0.15) is 23.1 Å². The predicted octanol–water partition coefficient (Wildman–Crippen LogP) is 3.27. The maximum absolute atomic E-state index is 13.1. The maximum Gasteiger partial charge on any atom is 0.251 e. The fourth-order valence-corrected chi connectivity index (χ4v) is 2.93. The lowest BCUT2D eigenvalue weighted by Crippen LogP contribution is -2.27. The second kappa shape index (κ2) is 7.95. The van der Waals surface area contributed by atoms with Crippen molar-refractivity contribution < 1.29 is 9.18 Å². The molecule has 0 atom stereocenters. The van der Waals surface area contributed by atoms with Crippen molar-refractivity contribution in [1.82, 2.24) is 10.3 Å². The number of carbonyl (C=O) groups is 1. The molecule has 0 saturated carbocycles. The van der Waals surface area contributed by atoms with E-state index in [1.165, 1.54) is 12.1 Å². The van der Waals surface area contributed by atoms with Crippen LogP contribution in [0.5, 0.6) is 0 Å². The molecule has 0 unspecified atom stereocenters. The molecule has 4 nitrogen and oxygen atoms in total. The molecule has 1 aromatic heterocycles. The number of aryl methyl sites for hydroxylation is 2. The van der Waals surface area contributed by atoms with Gasteiger partial charge in [0.1, 0.15) is 5.82 Å². The molecule has 0 fully saturated rings. The summed E-state index contributed by atoms with van der Waals surface area (Å²) >= 11 is 0. The Hall–Kier alpha value is -2.95. The summed E-state index contributed by atoms with van der Waals surface area (Å²) < 4.78 is 13.1. The van der Waals surface area contributed by atoms with Crippen LogP contribution in [0.15, 0.2) is 53.3 Å². The number of H-pyrrole nitrogens is 1. The van der Waals surface area contributed by atoms with Crippen LogP contribution in [0.3, 0.4) is 0 Å². The van der Waals surface area contributed by atoms with E-state index in [9.17, 15) is 14.0 Å². The number of rotatable bonds is 6. The Bertz CT molecular complexity index is 995. The molecule has 134 valence electrons. The van der Waals surface area contributed by atoms with Gasteiger partial charge in [0, 0.05) is 24.0 Å². The Balaban J connectivity index is 1.54. The van der Waals surface area contributed by atoms with E-state index in [2.05, 4.69) is 10.3 Å². The van der Waals surface area contributed by atoms with Crippen LogP contribution >= 0.6 is 0 Å². The molecule has 3 rings (SSSR count). The Morgan fingerprint density at radius 2 is 1.96 bits per heavy atom. The molecule has 0 saturated heterocycles. The summed E-state index contributed by atoms with van der Waals surface area (Å²) in [7, 11) is 0. The van der Waals surface area contributed by atoms with Crippen molar-refractivity contribution in [2.75, 3.05) is 6.54 Å². The van der Waals surface area contributed by atoms with Gasteiger partial charge in [-0.2, -0.15) is 0 Å². The molecule has 2 N–H and O–H groups in total. The predicted molar refractivity (Wildman–Crippen MR) is 101 cm³/mol. The van der Waals surface area contributed by atoms with Gasteiger partial charge in [0.05, 0.1) is 0 Å². The molecule has 0 spiro atoms. The third kappa shape index (κ3) is 4.57. The highest BCUT2D eigenvalue weighted by Gasteiger charge is 2.06. The maximum atomic E-state index is 13.1. The van der Waals surface area contributed by atoms with Crippen molar-refractivity contribution in [3.05, 3.63) is 81.4 Å². The van der Waals surface area contributed by atoms with Crippen molar-refractivity contribution in [3.63, 3.8) is 0 Å². The van der Waals surface area contributed by atoms with Crippen LogP contribution in [-0.4, -0.2) is 17.4 Å². The van der Waals surface area contributed by atoms with Gasteiger partial charge in [-0.1, -0.05) is 23.8 Å². The Labute approximate surface area is 151 Å². The Morgan fingerprint density at radius 1 is 1.12 bits per heavy atom. The topological polar surface area (TPSA) is 62.0 Å². The lowest BCUT2D eigenvalue weighted by molar-refractivity contribution is -0.121. The number of nitrogens with one attached hydrogen (secondary N) is 2. The number of aromatic amines is 1. The summed E-state index contributed by atoms with van der Waals surface area (Å²) in [6.45, 7) is 2.39. The molecular formula is C21H21FN2O2. The lowest BCUT2D eigenvalue weighted by atomic mass is 10.1. The van der Waals surface area contributed by atoms with Gasteiger partial charge in [0.15, 0.2) is 0 Å². The van der Waals surface area contributed by atoms with Gasteiger partial charge >= 0.3 is 0 Å². The standard InChI is InChI=1S/C21H21FN2O2/c1-14-5-7-19-17(11-14)13-16(21(26)24-19)9-10-23-20(25)8-6-15-3-2-4-18(22)12-15/h2-5,7,11-13H,6,8-10H2,1H3,(H,23,25)(H,24,26). The van der Waals surface area contributed by atoms with E-state index in [1.54, 1.807) is 12.1 Å². The van der Waals surface area contributed by atoms with Crippen molar-refractivity contribution >= 4 is 16.8 Å². The van der Waals surface area contributed by atoms with Crippen molar-refractivity contribution in [1.29, 1.82) is 0 Å². The van der Waals surface area contributed by atoms with Gasteiger partial charge < -0.3 is 10.3 Å². The highest BCUT2D eigenvalue weighted by molar-refractivity contribution is 5.79. The number of carbonyl (C=O) groups excluding carboxylic acids is 1. The molecule has 1 amide bonds. The van der Waals surface area contributed by atoms with Gasteiger partial charge in [0.25, 0.3) is 5.56 Å². The van der Waals surface area contributed by atoms with Gasteiger partial charge in [-0.15, -0.1) is 0 Å². The third-order valence-electron chi connectivity index (χ3n) is 4.32. The average Bonchev–Trinajstić information content (AvgIpc) is 2.61. The third-order valence-corrected chi connectivity index (χ3v) is 4.32. The minimum absolute atomic E-state index is 0.109. The molecule has 5 heteroatoms. The molecule has 1 heterocycles. The summed E-state index contributed by atoms with van der Waals surface area (Å²) in [5.74, 6) is -0.406. The number of aromatic nitrogens is 1. The quantitative estimate of drug-likeness (QED) is 0.715. The average molecular weight is 352 g/mol. The first-order valence-corrected chi connectivity index (χ1v) is 8.65. The number of hydrogen-bond acceptors (Lipinski definition) is 2. The van der Waals surface area contributed by atoms with Crippen LogP contribution in [0.25, 0.3) is 10.9 Å². The molecule has 0 bridgehead atoms. The summed E-state index contributed by atoms with van der Waals surface area (Å²) in [5.41, 5.74) is 3.25. The molecule has 3 aromatic rings. The van der Waals surface area contributed by atoms with E-state index >= 15 is 0 Å². The lowest BCUT2D eigenvalue weighted by Gasteiger charge is -2.07. The number of pyridine rings is 1. The zero-order valence-corrected chi connectivity index (χ0v) is 14.6. The van der Waals surface area contributed by atoms with Crippen molar-refractivity contribution in [2.24, 2.45) is 0 Å². The fraction of sp³-hybridized carbons (Fsp3) is 0.238. The largest absolute Gasteiger partial charge is 0.356 e. The van der Waals surface area contributed by atoms with Gasteiger partial charge in [0.2, 0.25) is 5.91 Å². The summed E-state index contributed by atoms with van der Waals surface area (Å²) in [6, 6.07) is 14.0. The van der Waals surface area contributed by atoms with Crippen LogP contribution < -0.4 is 10.9 Å². The van der Waals surface area contributed by atoms with Crippen LogP contribution in [0.2, 0.25) is 0 Å². The molecule has 26 heavy (non-hydrogen) atoms. The molecule has 2 aromatic carbocycles. The van der Waals surface area contributed by atoms with Crippen LogP contribution in [-0.2, 0) is 17.6 Å². The second-order valence-electron chi connectivity index (χ2n) is 6.44. The number of amides is 1. The fourth-order valence-electron chi connectivity index (χ4n) is 2.93. The zero-order chi connectivity index (χ0) is 18.5. The van der Waals surface area contributed by atoms with Gasteiger partial charge in [-0.3, -0.25) is 9.59 Å². The smallest absolute Gasteiger partial charge is 0.251 e. The molecule has 0 aliphatic carbocycles. The van der Waals surface area contributed by atoms with E-state index < -0.39 is 0 Å². The number of benzene rings is 2. The summed E-state index contributed by atoms with van der Waals surface area (Å²) in [4.78, 5) is 26.9. The van der Waals surface area contributed by atoms with Crippen molar-refractivity contribution in [3.8, 4) is 0 Å². The highest BCUT2D eigenvalue weighted by Crippen LogP contribution is 2.13. The molecule has 0 aliphatic rings. The van der Waals surface area contributed by atoms with E-state index in [0.29, 0.717) is 24.9 Å². The first-order chi connectivity index (χ1) is 12.5. The Morgan fingerprint density at radius 3 is 2.77 bits per heavy atom. The van der Waals surface area contributed by atoms with Gasteiger partial charge in [-0.25, -0.2) is 4.39 Å². The number of fused-ring (bicyclic) bond motifs is 1. The molecule has 0 aliphatic heterocycles. The number of hydrogen-bond donors (Lipinski definition) is 2. The monoisotopic (exact) mass is 352 g/mol. The Kier molecular flexibility index (Phi) is 5.46. The van der Waals surface area contributed by atoms with E-state index in [4.69, 9.17) is 0 Å². The summed E-state index contributed by atoms with van der Waals surface area (Å²) in [5, 5.41) is 3.80. The van der Waals surface area contributed by atoms with Crippen LogP contribution in [0, 0.1) is 12.7 Å². The highest BCUT2D eigenvalue weighted by atomic mass is 19.1. The van der Waals surface area contributed by atoms with E-state index in [-0.39, 0.29) is 23.7 Å². The first kappa shape index (κ1) is 17.9. The van der Waals surface area contributed by atoms with Crippen molar-refractivity contribution in [2.45, 2.75) is 26.2 Å². The normalized spacial score (nSPS) is 10.8. The first-order valence-electron chi connectivity index (χ1n) is 8.65. The number of halogens is 1. The SMILES string of the molecule is Cc1ccc2[nH]c(=O)c(CCNC(=O)CCc3cccc(F)c3)cc2c1. The second-order valence-corrected chi connectivity index (χ2v) is 6.44. The zero-order valence-electron chi connectivity index (χ0n) is 14.6. The summed E-state index contributed by atoms with van der Waals surface area (Å²) in [6.07, 6.45) is 1.24. The minimum atomic E-state index is -0.298. The molecular weight excluding hydrogens is 331 g/mol. The molecule has 0 radical (unpaired) electrons. The minimum Gasteiger partial charge on any atom is -0.356 e. The van der Waals surface area contributed by atoms with Crippen LogP contribution in [0.4, 0.5) is 4.39 Å². The van der Waals surface area contributed by atoms with E-state index in [0.717, 1.165) is 22.0 Å². The van der Waals surface area contributed by atoms with E-state index in [1.807, 2.05) is 31.2 Å². The van der Waals surface area contributed by atoms with Gasteiger partial charge in [-0.05, 0) is 61.0 Å².